The number of aryl methyl sites for hydroxylation is 1. The van der Waals surface area contributed by atoms with Crippen LogP contribution in [0.5, 0.6) is 5.75 Å². The highest BCUT2D eigenvalue weighted by Crippen LogP contribution is 2.26. The van der Waals surface area contributed by atoms with Gasteiger partial charge in [0.2, 0.25) is 0 Å². The maximum atomic E-state index is 5.75. The first-order valence-corrected chi connectivity index (χ1v) is 6.42. The second-order valence-corrected chi connectivity index (χ2v) is 5.17. The van der Waals surface area contributed by atoms with Gasteiger partial charge < -0.3 is 10.5 Å². The van der Waals surface area contributed by atoms with Gasteiger partial charge in [-0.15, -0.1) is 11.3 Å². The summed E-state index contributed by atoms with van der Waals surface area (Å²) in [5.74, 6) is 1.07. The molecule has 3 nitrogen and oxygen atoms in total. The fourth-order valence-electron chi connectivity index (χ4n) is 1.26. The normalized spacial score (nSPS) is 10.4. The quantitative estimate of drug-likeness (QED) is 0.945. The van der Waals surface area contributed by atoms with E-state index in [4.69, 9.17) is 10.5 Å². The molecule has 0 radical (unpaired) electrons. The number of aromatic nitrogens is 1. The Hall–Kier alpha value is -1.07. The predicted octanol–water partition coefficient (Wildman–Crippen LogP) is 3.38. The van der Waals surface area contributed by atoms with Crippen molar-refractivity contribution in [1.29, 1.82) is 0 Å². The topological polar surface area (TPSA) is 48.1 Å². The third-order valence-corrected chi connectivity index (χ3v) is 3.97. The minimum absolute atomic E-state index is 0.438. The van der Waals surface area contributed by atoms with Gasteiger partial charge in [-0.3, -0.25) is 0 Å². The average molecular weight is 299 g/mol. The molecule has 0 aromatic carbocycles. The molecule has 84 valence electrons. The van der Waals surface area contributed by atoms with Crippen LogP contribution in [0.15, 0.2) is 28.1 Å². The maximum Gasteiger partial charge on any atom is 0.166 e. The van der Waals surface area contributed by atoms with Gasteiger partial charge in [0, 0.05) is 10.2 Å². The van der Waals surface area contributed by atoms with Gasteiger partial charge in [0.25, 0.3) is 0 Å². The summed E-state index contributed by atoms with van der Waals surface area (Å²) < 4.78 is 6.68. The van der Waals surface area contributed by atoms with E-state index in [1.807, 2.05) is 30.5 Å². The minimum atomic E-state index is 0.438. The Morgan fingerprint density at radius 2 is 2.25 bits per heavy atom. The zero-order valence-corrected chi connectivity index (χ0v) is 11.1. The van der Waals surface area contributed by atoms with Crippen molar-refractivity contribution in [2.24, 2.45) is 0 Å². The smallest absolute Gasteiger partial charge is 0.166 e. The van der Waals surface area contributed by atoms with Crippen molar-refractivity contribution in [2.75, 3.05) is 5.73 Å². The molecule has 2 rings (SSSR count). The van der Waals surface area contributed by atoms with Gasteiger partial charge in [0.15, 0.2) is 11.6 Å². The lowest BCUT2D eigenvalue weighted by atomic mass is 10.3. The van der Waals surface area contributed by atoms with Crippen LogP contribution in [0.3, 0.4) is 0 Å². The summed E-state index contributed by atoms with van der Waals surface area (Å²) in [6, 6.07) is 5.73. The summed E-state index contributed by atoms with van der Waals surface area (Å²) in [5, 5.41) is 2.01. The third-order valence-electron chi connectivity index (χ3n) is 2.07. The summed E-state index contributed by atoms with van der Waals surface area (Å²) in [6.07, 6.45) is 0. The van der Waals surface area contributed by atoms with Crippen LogP contribution in [-0.2, 0) is 6.61 Å². The molecule has 0 amide bonds. The molecule has 0 bridgehead atoms. The average Bonchev–Trinajstić information content (AvgIpc) is 2.63. The van der Waals surface area contributed by atoms with Gasteiger partial charge in [0.1, 0.15) is 6.61 Å². The summed E-state index contributed by atoms with van der Waals surface area (Å²) in [4.78, 5) is 5.28. The van der Waals surface area contributed by atoms with Crippen LogP contribution in [0.25, 0.3) is 0 Å². The number of rotatable bonds is 3. The zero-order chi connectivity index (χ0) is 11.5. The lowest BCUT2D eigenvalue weighted by Crippen LogP contribution is -2.00. The molecule has 0 fully saturated rings. The van der Waals surface area contributed by atoms with Crippen LogP contribution in [0.1, 0.15) is 10.6 Å². The number of nitrogens with zero attached hydrogens (tertiary/aromatic N) is 1. The van der Waals surface area contributed by atoms with Crippen molar-refractivity contribution in [3.8, 4) is 5.75 Å². The number of nitrogen functional groups attached to an aromatic ring is 1. The molecule has 0 aliphatic carbocycles. The predicted molar refractivity (Wildman–Crippen MR) is 69.7 cm³/mol. The molecule has 0 aliphatic rings. The minimum Gasteiger partial charge on any atom is -0.484 e. The number of anilines is 1. The highest BCUT2D eigenvalue weighted by Gasteiger charge is 2.05. The fraction of sp³-hybridized carbons (Fsp3) is 0.182. The van der Waals surface area contributed by atoms with Crippen molar-refractivity contribution >= 4 is 33.1 Å². The molecule has 2 aromatic rings. The molecule has 0 saturated carbocycles. The number of pyridine rings is 1. The highest BCUT2D eigenvalue weighted by molar-refractivity contribution is 9.10. The van der Waals surface area contributed by atoms with Gasteiger partial charge in [-0.1, -0.05) is 0 Å². The van der Waals surface area contributed by atoms with Crippen LogP contribution in [-0.4, -0.2) is 4.98 Å². The van der Waals surface area contributed by atoms with Crippen LogP contribution in [0.4, 0.5) is 5.82 Å². The van der Waals surface area contributed by atoms with E-state index < -0.39 is 0 Å². The van der Waals surface area contributed by atoms with E-state index in [0.717, 1.165) is 15.0 Å². The number of thiophene rings is 1. The maximum absolute atomic E-state index is 5.75. The Kier molecular flexibility index (Phi) is 3.46. The number of ether oxygens (including phenoxy) is 1. The van der Waals surface area contributed by atoms with Gasteiger partial charge >= 0.3 is 0 Å². The SMILES string of the molecule is Cc1ccc(OCc2sccc2Br)c(N)n1. The van der Waals surface area contributed by atoms with Gasteiger partial charge in [0.05, 0.1) is 4.88 Å². The Bertz CT molecular complexity index is 498. The van der Waals surface area contributed by atoms with Crippen LogP contribution >= 0.6 is 27.3 Å². The molecular weight excluding hydrogens is 288 g/mol. The van der Waals surface area contributed by atoms with Crippen LogP contribution in [0, 0.1) is 6.92 Å². The third kappa shape index (κ3) is 2.54. The first kappa shape index (κ1) is 11.4. The summed E-state index contributed by atoms with van der Waals surface area (Å²) in [6.45, 7) is 2.41. The first-order valence-electron chi connectivity index (χ1n) is 4.74. The second-order valence-electron chi connectivity index (χ2n) is 3.32. The molecule has 5 heteroatoms. The molecule has 0 atom stereocenters. The highest BCUT2D eigenvalue weighted by atomic mass is 79.9. The first-order chi connectivity index (χ1) is 7.66. The summed E-state index contributed by atoms with van der Waals surface area (Å²) >= 11 is 5.10. The molecule has 0 aliphatic heterocycles. The van der Waals surface area contributed by atoms with Gasteiger partial charge in [-0.05, 0) is 46.4 Å². The second kappa shape index (κ2) is 4.84. The van der Waals surface area contributed by atoms with Crippen molar-refractivity contribution in [3.63, 3.8) is 0 Å². The van der Waals surface area contributed by atoms with Gasteiger partial charge in [-0.2, -0.15) is 0 Å². The van der Waals surface area contributed by atoms with Gasteiger partial charge in [-0.25, -0.2) is 4.98 Å². The van der Waals surface area contributed by atoms with E-state index in [-0.39, 0.29) is 0 Å². The summed E-state index contributed by atoms with van der Waals surface area (Å²) in [5.41, 5.74) is 6.65. The largest absolute Gasteiger partial charge is 0.484 e. The lowest BCUT2D eigenvalue weighted by Gasteiger charge is -2.07. The fourth-order valence-corrected chi connectivity index (χ4v) is 2.64. The van der Waals surface area contributed by atoms with Crippen molar-refractivity contribution in [1.82, 2.24) is 4.98 Å². The molecule has 0 spiro atoms. The van der Waals surface area contributed by atoms with Crippen molar-refractivity contribution in [3.05, 3.63) is 38.6 Å². The Labute approximate surface area is 106 Å². The van der Waals surface area contributed by atoms with E-state index >= 15 is 0 Å². The number of nitrogens with two attached hydrogens (primary N) is 1. The van der Waals surface area contributed by atoms with Crippen LogP contribution < -0.4 is 10.5 Å². The Morgan fingerprint density at radius 1 is 1.44 bits per heavy atom. The van der Waals surface area contributed by atoms with E-state index in [2.05, 4.69) is 20.9 Å². The molecule has 2 N–H and O–H groups in total. The number of halogens is 1. The van der Waals surface area contributed by atoms with Crippen LogP contribution in [0.2, 0.25) is 0 Å². The molecule has 16 heavy (non-hydrogen) atoms. The Balaban J connectivity index is 2.08. The zero-order valence-electron chi connectivity index (χ0n) is 8.74. The number of hydrogen-bond donors (Lipinski definition) is 1. The standard InChI is InChI=1S/C11H11BrN2OS/c1-7-2-3-9(11(13)14-7)15-6-10-8(12)4-5-16-10/h2-5H,6H2,1H3,(H2,13,14). The van der Waals surface area contributed by atoms with E-state index in [1.54, 1.807) is 11.3 Å². The molecular formula is C11H11BrN2OS. The van der Waals surface area contributed by atoms with Crippen molar-refractivity contribution in [2.45, 2.75) is 13.5 Å². The van der Waals surface area contributed by atoms with E-state index in [0.29, 0.717) is 18.2 Å². The molecule has 2 heterocycles. The number of hydrogen-bond acceptors (Lipinski definition) is 4. The Morgan fingerprint density at radius 3 is 2.88 bits per heavy atom. The molecule has 2 aromatic heterocycles. The lowest BCUT2D eigenvalue weighted by molar-refractivity contribution is 0.310. The monoisotopic (exact) mass is 298 g/mol. The van der Waals surface area contributed by atoms with E-state index in [1.165, 1.54) is 0 Å². The molecule has 0 saturated heterocycles. The molecule has 0 unspecified atom stereocenters. The summed E-state index contributed by atoms with van der Waals surface area (Å²) in [7, 11) is 0. The van der Waals surface area contributed by atoms with Crippen molar-refractivity contribution < 1.29 is 4.74 Å². The van der Waals surface area contributed by atoms with E-state index in [9.17, 15) is 0 Å².